The molecule has 3 nitrogen and oxygen atoms in total. The molecule has 3 heteroatoms. The molecule has 2 aliphatic heterocycles. The van der Waals surface area contributed by atoms with Crippen LogP contribution in [0.2, 0.25) is 0 Å². The molecule has 3 fully saturated rings. The highest BCUT2D eigenvalue weighted by Gasteiger charge is 2.48. The molecular formula is C15H29N3. The molecule has 3 rings (SSSR count). The number of hydrogen-bond acceptors (Lipinski definition) is 3. The molecule has 0 spiro atoms. The van der Waals surface area contributed by atoms with Crippen LogP contribution in [0.15, 0.2) is 0 Å². The molecule has 0 amide bonds. The molecule has 0 aromatic carbocycles. The smallest absolute Gasteiger partial charge is 0.0337 e. The minimum Gasteiger partial charge on any atom is -0.329 e. The maximum atomic E-state index is 6.08. The van der Waals surface area contributed by atoms with Crippen molar-refractivity contribution in [2.24, 2.45) is 11.7 Å². The molecule has 104 valence electrons. The number of hydrogen-bond donors (Lipinski definition) is 1. The first kappa shape index (κ1) is 12.9. The Balaban J connectivity index is 1.57. The summed E-state index contributed by atoms with van der Waals surface area (Å²) in [6.45, 7) is 8.47. The summed E-state index contributed by atoms with van der Waals surface area (Å²) < 4.78 is 0. The highest BCUT2D eigenvalue weighted by molar-refractivity contribution is 5.05. The van der Waals surface area contributed by atoms with Crippen LogP contribution in [0.4, 0.5) is 0 Å². The summed E-state index contributed by atoms with van der Waals surface area (Å²) in [5.41, 5.74) is 6.46. The van der Waals surface area contributed by atoms with Crippen molar-refractivity contribution in [2.45, 2.75) is 57.0 Å². The summed E-state index contributed by atoms with van der Waals surface area (Å²) in [4.78, 5) is 5.47. The van der Waals surface area contributed by atoms with Gasteiger partial charge in [0.1, 0.15) is 0 Å². The molecule has 0 aromatic heterocycles. The largest absolute Gasteiger partial charge is 0.329 e. The minimum atomic E-state index is 0.379. The maximum absolute atomic E-state index is 6.08. The lowest BCUT2D eigenvalue weighted by molar-refractivity contribution is -0.00182. The van der Waals surface area contributed by atoms with E-state index in [9.17, 15) is 0 Å². The van der Waals surface area contributed by atoms with Crippen molar-refractivity contribution in [1.82, 2.24) is 9.80 Å². The Labute approximate surface area is 112 Å². The summed E-state index contributed by atoms with van der Waals surface area (Å²) in [6, 6.07) is 0.824. The maximum Gasteiger partial charge on any atom is 0.0337 e. The lowest BCUT2D eigenvalue weighted by Gasteiger charge is -2.52. The van der Waals surface area contributed by atoms with Crippen LogP contribution in [0, 0.1) is 5.92 Å². The SMILES string of the molecule is CC1CC(CN)(N2CCC(N3CCCCC3)C2)C1. The van der Waals surface area contributed by atoms with Crippen LogP contribution >= 0.6 is 0 Å². The zero-order valence-corrected chi connectivity index (χ0v) is 11.9. The van der Waals surface area contributed by atoms with E-state index < -0.39 is 0 Å². The van der Waals surface area contributed by atoms with E-state index in [0.29, 0.717) is 5.54 Å². The lowest BCUT2D eigenvalue weighted by atomic mass is 9.68. The fourth-order valence-corrected chi connectivity index (χ4v) is 4.55. The van der Waals surface area contributed by atoms with Crippen LogP contribution in [-0.2, 0) is 0 Å². The van der Waals surface area contributed by atoms with E-state index in [0.717, 1.165) is 18.5 Å². The van der Waals surface area contributed by atoms with Gasteiger partial charge in [0.2, 0.25) is 0 Å². The summed E-state index contributed by atoms with van der Waals surface area (Å²) >= 11 is 0. The van der Waals surface area contributed by atoms with E-state index in [-0.39, 0.29) is 0 Å². The number of nitrogens with zero attached hydrogens (tertiary/aromatic N) is 2. The Morgan fingerprint density at radius 3 is 2.44 bits per heavy atom. The Kier molecular flexibility index (Phi) is 3.65. The van der Waals surface area contributed by atoms with Gasteiger partial charge in [-0.25, -0.2) is 0 Å². The normalized spacial score (nSPS) is 43.0. The van der Waals surface area contributed by atoms with Gasteiger partial charge in [-0.05, 0) is 51.1 Å². The summed E-state index contributed by atoms with van der Waals surface area (Å²) in [5.74, 6) is 0.891. The molecule has 18 heavy (non-hydrogen) atoms. The topological polar surface area (TPSA) is 32.5 Å². The summed E-state index contributed by atoms with van der Waals surface area (Å²) in [6.07, 6.45) is 8.30. The van der Waals surface area contributed by atoms with Crippen molar-refractivity contribution in [3.8, 4) is 0 Å². The molecule has 1 aliphatic carbocycles. The van der Waals surface area contributed by atoms with Crippen molar-refractivity contribution in [3.05, 3.63) is 0 Å². The zero-order chi connectivity index (χ0) is 12.6. The fraction of sp³-hybridized carbons (Fsp3) is 1.00. The van der Waals surface area contributed by atoms with Crippen molar-refractivity contribution >= 4 is 0 Å². The van der Waals surface area contributed by atoms with Crippen LogP contribution in [-0.4, -0.2) is 54.1 Å². The van der Waals surface area contributed by atoms with Crippen LogP contribution < -0.4 is 5.73 Å². The van der Waals surface area contributed by atoms with Crippen LogP contribution in [0.25, 0.3) is 0 Å². The molecule has 1 atom stereocenters. The predicted molar refractivity (Wildman–Crippen MR) is 75.6 cm³/mol. The van der Waals surface area contributed by atoms with Gasteiger partial charge in [-0.2, -0.15) is 0 Å². The standard InChI is InChI=1S/C15H29N3/c1-13-9-15(10-13,12-16)18-8-5-14(11-18)17-6-3-2-4-7-17/h13-14H,2-12,16H2,1H3. The third-order valence-electron chi connectivity index (χ3n) is 5.58. The van der Waals surface area contributed by atoms with Gasteiger partial charge in [0.15, 0.2) is 0 Å². The average Bonchev–Trinajstić information content (AvgIpc) is 2.85. The number of nitrogens with two attached hydrogens (primary N) is 1. The van der Waals surface area contributed by atoms with Gasteiger partial charge in [-0.15, -0.1) is 0 Å². The molecule has 1 unspecified atom stereocenters. The highest BCUT2D eigenvalue weighted by atomic mass is 15.3. The molecule has 0 bridgehead atoms. The first-order chi connectivity index (χ1) is 8.73. The third kappa shape index (κ3) is 2.21. The van der Waals surface area contributed by atoms with Crippen LogP contribution in [0.3, 0.4) is 0 Å². The number of rotatable bonds is 3. The van der Waals surface area contributed by atoms with E-state index in [1.807, 2.05) is 0 Å². The van der Waals surface area contributed by atoms with Gasteiger partial charge >= 0.3 is 0 Å². The lowest BCUT2D eigenvalue weighted by Crippen LogP contribution is -2.61. The number of likely N-dealkylation sites (tertiary alicyclic amines) is 2. The molecule has 2 heterocycles. The van der Waals surface area contributed by atoms with Gasteiger partial charge in [0, 0.05) is 31.2 Å². The molecule has 0 radical (unpaired) electrons. The second kappa shape index (κ2) is 5.10. The van der Waals surface area contributed by atoms with E-state index in [1.54, 1.807) is 0 Å². The van der Waals surface area contributed by atoms with Crippen molar-refractivity contribution in [1.29, 1.82) is 0 Å². The first-order valence-electron chi connectivity index (χ1n) is 7.93. The Morgan fingerprint density at radius 1 is 1.11 bits per heavy atom. The first-order valence-corrected chi connectivity index (χ1v) is 7.93. The van der Waals surface area contributed by atoms with Crippen molar-refractivity contribution in [3.63, 3.8) is 0 Å². The monoisotopic (exact) mass is 251 g/mol. The quantitative estimate of drug-likeness (QED) is 0.828. The van der Waals surface area contributed by atoms with Gasteiger partial charge in [0.25, 0.3) is 0 Å². The van der Waals surface area contributed by atoms with E-state index >= 15 is 0 Å². The Morgan fingerprint density at radius 2 is 1.83 bits per heavy atom. The van der Waals surface area contributed by atoms with Crippen molar-refractivity contribution in [2.75, 3.05) is 32.7 Å². The van der Waals surface area contributed by atoms with Gasteiger partial charge in [-0.3, -0.25) is 9.80 Å². The number of piperidine rings is 1. The van der Waals surface area contributed by atoms with Gasteiger partial charge in [-0.1, -0.05) is 13.3 Å². The molecule has 3 aliphatic rings. The third-order valence-corrected chi connectivity index (χ3v) is 5.58. The minimum absolute atomic E-state index is 0.379. The van der Waals surface area contributed by atoms with E-state index in [2.05, 4.69) is 16.7 Å². The molecule has 2 N–H and O–H groups in total. The van der Waals surface area contributed by atoms with Gasteiger partial charge in [0.05, 0.1) is 0 Å². The average molecular weight is 251 g/mol. The summed E-state index contributed by atoms with van der Waals surface area (Å²) in [5, 5.41) is 0. The van der Waals surface area contributed by atoms with Gasteiger partial charge < -0.3 is 5.73 Å². The highest BCUT2D eigenvalue weighted by Crippen LogP contribution is 2.43. The van der Waals surface area contributed by atoms with E-state index in [4.69, 9.17) is 5.73 Å². The van der Waals surface area contributed by atoms with Crippen LogP contribution in [0.1, 0.15) is 45.4 Å². The zero-order valence-electron chi connectivity index (χ0n) is 11.9. The van der Waals surface area contributed by atoms with Crippen molar-refractivity contribution < 1.29 is 0 Å². The second-order valence-corrected chi connectivity index (χ2v) is 6.93. The second-order valence-electron chi connectivity index (χ2n) is 6.93. The fourth-order valence-electron chi connectivity index (χ4n) is 4.55. The molecule has 0 aromatic rings. The Bertz CT molecular complexity index is 279. The molecule has 1 saturated carbocycles. The predicted octanol–water partition coefficient (Wildman–Crippen LogP) is 1.67. The van der Waals surface area contributed by atoms with Crippen LogP contribution in [0.5, 0.6) is 0 Å². The van der Waals surface area contributed by atoms with E-state index in [1.165, 1.54) is 64.7 Å². The Hall–Kier alpha value is -0.120. The molecular weight excluding hydrogens is 222 g/mol. The molecule has 2 saturated heterocycles. The summed E-state index contributed by atoms with van der Waals surface area (Å²) in [7, 11) is 0.